The Hall–Kier alpha value is -3.40. The van der Waals surface area contributed by atoms with Crippen LogP contribution in [0.5, 0.6) is 17.2 Å². The molecule has 0 bridgehead atoms. The fraction of sp³-hybridized carbons (Fsp3) is 0.286. The summed E-state index contributed by atoms with van der Waals surface area (Å²) in [6.07, 6.45) is 0. The van der Waals surface area contributed by atoms with E-state index >= 15 is 0 Å². The molecule has 0 unspecified atom stereocenters. The van der Waals surface area contributed by atoms with E-state index in [1.165, 1.54) is 11.8 Å². The molecule has 0 aliphatic carbocycles. The van der Waals surface area contributed by atoms with E-state index in [-0.39, 0.29) is 24.2 Å². The van der Waals surface area contributed by atoms with Crippen LogP contribution in [0.3, 0.4) is 0 Å². The van der Waals surface area contributed by atoms with Crippen LogP contribution in [0.25, 0.3) is 11.5 Å². The van der Waals surface area contributed by atoms with Crippen LogP contribution in [-0.4, -0.2) is 64.8 Å². The number of hydrogen-bond acceptors (Lipinski definition) is 9. The topological polar surface area (TPSA) is 101 Å². The van der Waals surface area contributed by atoms with Crippen molar-refractivity contribution in [2.24, 2.45) is 0 Å². The van der Waals surface area contributed by atoms with Gasteiger partial charge in [0.05, 0.1) is 5.75 Å². The Balaban J connectivity index is 1.13. The van der Waals surface area contributed by atoms with E-state index in [0.29, 0.717) is 35.7 Å². The van der Waals surface area contributed by atoms with E-state index in [4.69, 9.17) is 13.9 Å². The molecule has 160 valence electrons. The summed E-state index contributed by atoms with van der Waals surface area (Å²) >= 11 is 1.23. The fourth-order valence-electron chi connectivity index (χ4n) is 3.51. The van der Waals surface area contributed by atoms with Crippen LogP contribution in [-0.2, 0) is 4.79 Å². The third-order valence-electron chi connectivity index (χ3n) is 5.19. The molecule has 5 rings (SSSR count). The lowest BCUT2D eigenvalue weighted by atomic mass is 10.2. The summed E-state index contributed by atoms with van der Waals surface area (Å²) in [4.78, 5) is 16.6. The Kier molecular flexibility index (Phi) is 5.29. The summed E-state index contributed by atoms with van der Waals surface area (Å²) in [5.74, 6) is 2.23. The van der Waals surface area contributed by atoms with Gasteiger partial charge in [0.2, 0.25) is 18.6 Å². The molecule has 31 heavy (non-hydrogen) atoms. The van der Waals surface area contributed by atoms with Crippen LogP contribution in [0, 0.1) is 0 Å². The third kappa shape index (κ3) is 4.24. The number of aromatic nitrogens is 2. The van der Waals surface area contributed by atoms with Crippen molar-refractivity contribution >= 4 is 23.4 Å². The number of fused-ring (bicyclic) bond motifs is 1. The molecule has 9 nitrogen and oxygen atoms in total. The molecule has 0 radical (unpaired) electrons. The second-order valence-electron chi connectivity index (χ2n) is 7.11. The Bertz CT molecular complexity index is 1080. The molecule has 2 aliphatic heterocycles. The number of carbonyl (C=O) groups excluding carboxylic acids is 1. The summed E-state index contributed by atoms with van der Waals surface area (Å²) in [5, 5.41) is 17.9. The van der Waals surface area contributed by atoms with Gasteiger partial charge in [-0.1, -0.05) is 11.8 Å². The van der Waals surface area contributed by atoms with Gasteiger partial charge in [-0.3, -0.25) is 4.79 Å². The van der Waals surface area contributed by atoms with Gasteiger partial charge in [0.25, 0.3) is 5.22 Å². The molecule has 2 aliphatic rings. The highest BCUT2D eigenvalue weighted by Crippen LogP contribution is 2.36. The second-order valence-corrected chi connectivity index (χ2v) is 8.04. The summed E-state index contributed by atoms with van der Waals surface area (Å²) in [6.45, 7) is 2.99. The van der Waals surface area contributed by atoms with Crippen LogP contribution in [0.15, 0.2) is 52.1 Å². The van der Waals surface area contributed by atoms with E-state index < -0.39 is 0 Å². The molecular formula is C21H20N4O5S. The van der Waals surface area contributed by atoms with Crippen molar-refractivity contribution in [2.75, 3.05) is 43.6 Å². The predicted molar refractivity (Wildman–Crippen MR) is 113 cm³/mol. The van der Waals surface area contributed by atoms with Crippen molar-refractivity contribution in [3.8, 4) is 28.7 Å². The quantitative estimate of drug-likeness (QED) is 0.600. The number of nitrogens with zero attached hydrogens (tertiary/aromatic N) is 4. The van der Waals surface area contributed by atoms with Crippen molar-refractivity contribution in [3.63, 3.8) is 0 Å². The second kappa shape index (κ2) is 8.38. The highest BCUT2D eigenvalue weighted by molar-refractivity contribution is 7.99. The molecule has 1 amide bonds. The molecule has 0 saturated carbocycles. The number of aromatic hydroxyl groups is 1. The lowest BCUT2D eigenvalue weighted by Crippen LogP contribution is -2.49. The Labute approximate surface area is 182 Å². The van der Waals surface area contributed by atoms with E-state index in [2.05, 4.69) is 15.1 Å². The molecule has 0 atom stereocenters. The maximum absolute atomic E-state index is 12.6. The highest BCUT2D eigenvalue weighted by atomic mass is 32.2. The summed E-state index contributed by atoms with van der Waals surface area (Å²) < 4.78 is 16.4. The summed E-state index contributed by atoms with van der Waals surface area (Å²) in [5.41, 5.74) is 1.78. The lowest BCUT2D eigenvalue weighted by Gasteiger charge is -2.36. The van der Waals surface area contributed by atoms with E-state index in [0.717, 1.165) is 24.3 Å². The van der Waals surface area contributed by atoms with Crippen LogP contribution >= 0.6 is 11.8 Å². The number of rotatable bonds is 5. The molecule has 10 heteroatoms. The lowest BCUT2D eigenvalue weighted by molar-refractivity contribution is -0.128. The van der Waals surface area contributed by atoms with Gasteiger partial charge < -0.3 is 28.8 Å². The number of phenolic OH excluding ortho intramolecular Hbond substituents is 1. The minimum atomic E-state index is 0.0400. The monoisotopic (exact) mass is 440 g/mol. The minimum absolute atomic E-state index is 0.0400. The van der Waals surface area contributed by atoms with Gasteiger partial charge >= 0.3 is 0 Å². The van der Waals surface area contributed by atoms with Crippen LogP contribution in [0.4, 0.5) is 5.69 Å². The first kappa shape index (κ1) is 19.6. The van der Waals surface area contributed by atoms with Gasteiger partial charge in [0.1, 0.15) is 5.75 Å². The number of phenols is 1. The number of amides is 1. The van der Waals surface area contributed by atoms with Crippen LogP contribution in [0.1, 0.15) is 0 Å². The third-order valence-corrected chi connectivity index (χ3v) is 6.00. The molecule has 1 saturated heterocycles. The first-order valence-electron chi connectivity index (χ1n) is 9.84. The molecule has 1 fully saturated rings. The maximum atomic E-state index is 12.6. The van der Waals surface area contributed by atoms with Gasteiger partial charge in [-0.05, 0) is 42.5 Å². The SMILES string of the molecule is O=C(CSc1nnc(-c2ccc3c(c2)OCO3)o1)N1CCN(c2ccc(O)cc2)CC1. The molecule has 2 aromatic carbocycles. The fourth-order valence-corrected chi connectivity index (χ4v) is 4.17. The standard InChI is InChI=1S/C21H20N4O5S/c26-16-4-2-15(3-5-16)24-7-9-25(10-8-24)19(27)12-31-21-23-22-20(30-21)14-1-6-17-18(11-14)29-13-28-17/h1-6,11,26H,7-10,12-13H2. The van der Waals surface area contributed by atoms with Crippen molar-refractivity contribution in [1.29, 1.82) is 0 Å². The zero-order valence-corrected chi connectivity index (χ0v) is 17.4. The summed E-state index contributed by atoms with van der Waals surface area (Å²) in [6, 6.07) is 12.5. The average Bonchev–Trinajstić information content (AvgIpc) is 3.47. The highest BCUT2D eigenvalue weighted by Gasteiger charge is 2.22. The Morgan fingerprint density at radius 3 is 2.58 bits per heavy atom. The van der Waals surface area contributed by atoms with Crippen molar-refractivity contribution in [1.82, 2.24) is 15.1 Å². The molecule has 1 N–H and O–H groups in total. The van der Waals surface area contributed by atoms with Gasteiger partial charge in [-0.15, -0.1) is 10.2 Å². The van der Waals surface area contributed by atoms with Gasteiger partial charge in [-0.2, -0.15) is 0 Å². The molecule has 3 heterocycles. The van der Waals surface area contributed by atoms with Gasteiger partial charge in [0, 0.05) is 37.4 Å². The number of anilines is 1. The van der Waals surface area contributed by atoms with Gasteiger partial charge in [-0.25, -0.2) is 0 Å². The van der Waals surface area contributed by atoms with Crippen molar-refractivity contribution < 1.29 is 23.8 Å². The minimum Gasteiger partial charge on any atom is -0.508 e. The van der Waals surface area contributed by atoms with E-state index in [1.807, 2.05) is 23.1 Å². The number of carbonyl (C=O) groups is 1. The van der Waals surface area contributed by atoms with Crippen LogP contribution in [0.2, 0.25) is 0 Å². The number of benzene rings is 2. The summed E-state index contributed by atoms with van der Waals surface area (Å²) in [7, 11) is 0. The van der Waals surface area contributed by atoms with E-state index in [1.54, 1.807) is 24.3 Å². The first-order valence-corrected chi connectivity index (χ1v) is 10.8. The first-order chi connectivity index (χ1) is 15.2. The van der Waals surface area contributed by atoms with Crippen molar-refractivity contribution in [2.45, 2.75) is 5.22 Å². The molecule has 3 aromatic rings. The smallest absolute Gasteiger partial charge is 0.277 e. The number of ether oxygens (including phenoxy) is 2. The Morgan fingerprint density at radius 1 is 1.00 bits per heavy atom. The zero-order valence-electron chi connectivity index (χ0n) is 16.6. The Morgan fingerprint density at radius 2 is 1.77 bits per heavy atom. The molecule has 0 spiro atoms. The van der Waals surface area contributed by atoms with Crippen molar-refractivity contribution in [3.05, 3.63) is 42.5 Å². The number of thioether (sulfide) groups is 1. The van der Waals surface area contributed by atoms with Crippen LogP contribution < -0.4 is 14.4 Å². The normalized spacial score (nSPS) is 15.4. The predicted octanol–water partition coefficient (Wildman–Crippen LogP) is 2.61. The number of hydrogen-bond donors (Lipinski definition) is 1. The average molecular weight is 440 g/mol. The largest absolute Gasteiger partial charge is 0.508 e. The number of piperazine rings is 1. The molecule has 1 aromatic heterocycles. The molecular weight excluding hydrogens is 420 g/mol. The van der Waals surface area contributed by atoms with Gasteiger partial charge in [0.15, 0.2) is 11.5 Å². The zero-order chi connectivity index (χ0) is 21.2. The van der Waals surface area contributed by atoms with E-state index in [9.17, 15) is 9.90 Å². The maximum Gasteiger partial charge on any atom is 0.277 e.